The maximum atomic E-state index is 14.1. The van der Waals surface area contributed by atoms with Gasteiger partial charge >= 0.3 is 71.6 Å². The molecule has 430 valence electrons. The molecule has 38 heteroatoms. The third kappa shape index (κ3) is 15.4. The minimum Gasteiger partial charge on any atom is -1.00 e. The number of hydrogen-bond donors (Lipinski definition) is 2. The van der Waals surface area contributed by atoms with Crippen LogP contribution in [0.25, 0.3) is 0 Å². The Kier molecular flexibility index (Phi) is 23.0. The molecule has 0 unspecified atom stereocenters. The Bertz CT molecular complexity index is 2010. The molecule has 72 heavy (non-hydrogen) atoms. The van der Waals surface area contributed by atoms with Gasteiger partial charge in [-0.25, -0.2) is 26.3 Å². The molecule has 1 aromatic rings. The van der Waals surface area contributed by atoms with E-state index in [1.807, 2.05) is 0 Å². The first-order valence-electron chi connectivity index (χ1n) is 19.1. The molecule has 1 rings (SSSR count). The van der Waals surface area contributed by atoms with Crippen molar-refractivity contribution in [1.29, 1.82) is 0 Å². The molecule has 0 fully saturated rings. The normalized spacial score (nSPS) is 15.3. The monoisotopic (exact) mass is 1290 g/mol. The van der Waals surface area contributed by atoms with Crippen molar-refractivity contribution in [3.05, 3.63) is 35.4 Å². The van der Waals surface area contributed by atoms with Crippen LogP contribution >= 0.6 is 0 Å². The van der Waals surface area contributed by atoms with Crippen LogP contribution in [0.5, 0.6) is 0 Å². The van der Waals surface area contributed by atoms with Gasteiger partial charge < -0.3 is 42.9 Å². The van der Waals surface area contributed by atoms with Gasteiger partial charge in [-0.15, -0.1) is 0 Å². The number of benzene rings is 1. The van der Waals surface area contributed by atoms with Gasteiger partial charge in [-0.2, -0.15) is 114 Å². The summed E-state index contributed by atoms with van der Waals surface area (Å²) in [7, 11) is -4.14. The number of sulfonamides is 2. The fourth-order valence-electron chi connectivity index (χ4n) is 6.00. The van der Waals surface area contributed by atoms with Crippen molar-refractivity contribution < 1.29 is 174 Å². The van der Waals surface area contributed by atoms with Gasteiger partial charge in [0, 0.05) is 49.9 Å². The summed E-state index contributed by atoms with van der Waals surface area (Å²) >= 11 is 0. The van der Waals surface area contributed by atoms with E-state index >= 15 is 0 Å². The van der Waals surface area contributed by atoms with Crippen molar-refractivity contribution in [2.45, 2.75) is 110 Å². The van der Waals surface area contributed by atoms with Gasteiger partial charge in [-0.1, -0.05) is 24.3 Å². The molecular weight excluding hydrogens is 1250 g/mol. The zero-order valence-electron chi connectivity index (χ0n) is 36.7. The summed E-state index contributed by atoms with van der Waals surface area (Å²) in [6, 6.07) is 6.32. The molecule has 0 amide bonds. The number of nitrogens with zero attached hydrogens (tertiary/aromatic N) is 2. The van der Waals surface area contributed by atoms with E-state index in [9.17, 15) is 131 Å². The second-order valence-electron chi connectivity index (χ2n) is 17.0. The smallest absolute Gasteiger partial charge is 0.460 e. The quantitative estimate of drug-likeness (QED) is 0.0762. The van der Waals surface area contributed by atoms with Crippen molar-refractivity contribution in [2.75, 3.05) is 65.9 Å². The molecule has 0 aliphatic heterocycles. The van der Waals surface area contributed by atoms with E-state index in [2.05, 4.69) is 0 Å². The Labute approximate surface area is 414 Å². The van der Waals surface area contributed by atoms with Crippen molar-refractivity contribution >= 4 is 20.0 Å². The van der Waals surface area contributed by atoms with Gasteiger partial charge in [0.05, 0.1) is 52.8 Å². The fraction of sp³-hybridized carbons (Fsp3) is 0.824. The molecule has 2 N–H and O–H groups in total. The van der Waals surface area contributed by atoms with Crippen LogP contribution in [0, 0.1) is 0 Å². The molecule has 1 aromatic carbocycles. The highest BCUT2D eigenvalue weighted by Gasteiger charge is 2.92. The van der Waals surface area contributed by atoms with E-state index in [0.29, 0.717) is 11.1 Å². The second-order valence-corrected chi connectivity index (χ2v) is 20.9. The molecule has 0 spiro atoms. The first-order valence-corrected chi connectivity index (χ1v) is 22.4. The molecule has 0 saturated carbocycles. The predicted octanol–water partition coefficient (Wildman–Crippen LogP) is 3.72. The molecular formula is C34H42Br2F26N4O4S2. The van der Waals surface area contributed by atoms with E-state index in [0.717, 1.165) is 0 Å². The summed E-state index contributed by atoms with van der Waals surface area (Å²) in [5, 5.41) is 0. The molecule has 0 aliphatic rings. The van der Waals surface area contributed by atoms with Crippen LogP contribution in [0.15, 0.2) is 24.3 Å². The zero-order chi connectivity index (χ0) is 55.9. The van der Waals surface area contributed by atoms with E-state index in [-0.39, 0.29) is 81.9 Å². The summed E-state index contributed by atoms with van der Waals surface area (Å²) in [5.41, 5.74) is 1.17. The standard InChI is InChI=1S/C34H42F26N4O4S2.2BrH/c1-63(2,15-7-13-61-69(65,66)17-11-23(35,36)25(39,40)27(43,44)29(47,48)31(51,52)33(55,56)57)19-21-9-5-6-10-22(21)20-64(3,4)16-8-14-62-70(67,68)18-12-24(37,38)26(41,42)28(45,46)30(49,50)32(53,54)34(58,59)60;;/h5-6,9-10,61-62H,7-8,11-20H2,1-4H3;2*1H/q+2;;/p-2. The van der Waals surface area contributed by atoms with Crippen molar-refractivity contribution in [1.82, 2.24) is 9.44 Å². The average molecular weight is 1290 g/mol. The second kappa shape index (κ2) is 23.0. The van der Waals surface area contributed by atoms with E-state index in [1.165, 1.54) is 0 Å². The van der Waals surface area contributed by atoms with Crippen molar-refractivity contribution in [2.24, 2.45) is 0 Å². The Balaban J connectivity index is 0. The van der Waals surface area contributed by atoms with Crippen LogP contribution in [-0.4, -0.2) is 163 Å². The summed E-state index contributed by atoms with van der Waals surface area (Å²) in [5.74, 6) is -81.5. The van der Waals surface area contributed by atoms with Gasteiger partial charge in [0.25, 0.3) is 0 Å². The van der Waals surface area contributed by atoms with Gasteiger partial charge in [0.15, 0.2) is 0 Å². The molecule has 0 atom stereocenters. The minimum absolute atomic E-state index is 0. The maximum Gasteiger partial charge on any atom is 0.460 e. The molecule has 0 aliphatic carbocycles. The fourth-order valence-corrected chi connectivity index (χ4v) is 8.25. The van der Waals surface area contributed by atoms with E-state index in [1.54, 1.807) is 61.9 Å². The third-order valence-electron chi connectivity index (χ3n) is 10.2. The predicted molar refractivity (Wildman–Crippen MR) is 191 cm³/mol. The van der Waals surface area contributed by atoms with Crippen LogP contribution in [0.1, 0.15) is 36.8 Å². The minimum atomic E-state index is -8.16. The first-order chi connectivity index (χ1) is 30.5. The highest BCUT2D eigenvalue weighted by atomic mass is 79.9. The van der Waals surface area contributed by atoms with Crippen LogP contribution in [0.3, 0.4) is 0 Å². The van der Waals surface area contributed by atoms with Gasteiger partial charge in [0.2, 0.25) is 20.0 Å². The Morgan fingerprint density at radius 2 is 0.639 bits per heavy atom. The summed E-state index contributed by atoms with van der Waals surface area (Å²) in [6.45, 7) is -1.19. The van der Waals surface area contributed by atoms with Crippen LogP contribution in [0.4, 0.5) is 114 Å². The highest BCUT2D eigenvalue weighted by Crippen LogP contribution is 2.62. The number of rotatable bonds is 28. The highest BCUT2D eigenvalue weighted by molar-refractivity contribution is 7.89. The van der Waals surface area contributed by atoms with E-state index < -0.39 is 129 Å². The Hall–Kier alpha value is -1.90. The zero-order valence-corrected chi connectivity index (χ0v) is 41.5. The van der Waals surface area contributed by atoms with Crippen molar-refractivity contribution in [3.63, 3.8) is 0 Å². The van der Waals surface area contributed by atoms with Crippen LogP contribution < -0.4 is 43.4 Å². The van der Waals surface area contributed by atoms with Crippen LogP contribution in [0.2, 0.25) is 0 Å². The average Bonchev–Trinajstić information content (AvgIpc) is 3.16. The lowest BCUT2D eigenvalue weighted by atomic mass is 9.93. The SMILES string of the molecule is C[N+](C)(CCCNS(=O)(=O)CCC(F)(F)C(F)(F)C(F)(F)C(F)(F)C(F)(F)C(F)(F)F)Cc1ccccc1C[N+](C)(C)CCCNS(=O)(=O)CCC(F)(F)C(F)(F)C(F)(F)C(F)(F)C(F)(F)C(F)(F)F.[Br-].[Br-]. The molecule has 0 saturated heterocycles. The van der Waals surface area contributed by atoms with Gasteiger partial charge in [-0.3, -0.25) is 0 Å². The lowest BCUT2D eigenvalue weighted by Crippen LogP contribution is -3.00. The summed E-state index contributed by atoms with van der Waals surface area (Å²) in [6.07, 6.45) is -21.6. The molecule has 8 nitrogen and oxygen atoms in total. The molecule has 0 aromatic heterocycles. The third-order valence-corrected chi connectivity index (χ3v) is 13.0. The number of nitrogens with one attached hydrogen (secondary N) is 2. The Morgan fingerprint density at radius 3 is 0.875 bits per heavy atom. The van der Waals surface area contributed by atoms with E-state index in [4.69, 9.17) is 0 Å². The summed E-state index contributed by atoms with van der Waals surface area (Å²) in [4.78, 5) is 0. The lowest BCUT2D eigenvalue weighted by molar-refractivity contribution is -0.907. The van der Waals surface area contributed by atoms with Crippen LogP contribution in [-0.2, 0) is 33.1 Å². The topological polar surface area (TPSA) is 92.3 Å². The Morgan fingerprint density at radius 1 is 0.403 bits per heavy atom. The van der Waals surface area contributed by atoms with Gasteiger partial charge in [0.1, 0.15) is 13.1 Å². The lowest BCUT2D eigenvalue weighted by Gasteiger charge is -2.39. The largest absolute Gasteiger partial charge is 1.00 e. The first kappa shape index (κ1) is 72.2. The maximum absolute atomic E-state index is 14.1. The number of hydrogen-bond acceptors (Lipinski definition) is 4. The molecule has 0 bridgehead atoms. The molecule has 0 heterocycles. The van der Waals surface area contributed by atoms with Gasteiger partial charge in [-0.05, 0) is 0 Å². The number of quaternary nitrogens is 2. The number of halogens is 28. The van der Waals surface area contributed by atoms with Crippen molar-refractivity contribution in [3.8, 4) is 0 Å². The molecule has 0 radical (unpaired) electrons. The number of alkyl halides is 26. The summed E-state index contributed by atoms with van der Waals surface area (Å²) < 4.78 is 399.